The summed E-state index contributed by atoms with van der Waals surface area (Å²) in [6, 6.07) is 4.94. The number of carbonyl (C=O) groups excluding carboxylic acids is 1. The van der Waals surface area contributed by atoms with Gasteiger partial charge in [0.2, 0.25) is 0 Å². The molecular formula is C15H16F5O5S-. The van der Waals surface area contributed by atoms with Gasteiger partial charge in [-0.15, -0.1) is 0 Å². The fourth-order valence-electron chi connectivity index (χ4n) is 1.89. The molecule has 1 unspecified atom stereocenters. The van der Waals surface area contributed by atoms with Crippen molar-refractivity contribution in [2.75, 3.05) is 0 Å². The molecule has 0 radical (unpaired) electrons. The summed E-state index contributed by atoms with van der Waals surface area (Å²) in [6.45, 7) is 5.64. The number of alkyl halides is 5. The number of esters is 1. The highest BCUT2D eigenvalue weighted by Crippen LogP contribution is 2.38. The lowest BCUT2D eigenvalue weighted by Gasteiger charge is -2.29. The second kappa shape index (κ2) is 7.10. The molecule has 0 saturated heterocycles. The first kappa shape index (κ1) is 22.3. The summed E-state index contributed by atoms with van der Waals surface area (Å²) in [5, 5.41) is -5.87. The number of ether oxygens (including phenoxy) is 1. The van der Waals surface area contributed by atoms with Crippen molar-refractivity contribution in [1.82, 2.24) is 0 Å². The zero-order chi connectivity index (χ0) is 20.6. The molecule has 148 valence electrons. The Morgan fingerprint density at radius 2 is 1.58 bits per heavy atom. The molecule has 0 saturated carbocycles. The number of hydrogen-bond acceptors (Lipinski definition) is 5. The second-order valence-corrected chi connectivity index (χ2v) is 7.61. The second-order valence-electron chi connectivity index (χ2n) is 6.16. The van der Waals surface area contributed by atoms with Gasteiger partial charge in [0.15, 0.2) is 10.1 Å². The van der Waals surface area contributed by atoms with Gasteiger partial charge in [-0.1, -0.05) is 32.9 Å². The van der Waals surface area contributed by atoms with Crippen molar-refractivity contribution in [2.45, 2.75) is 50.1 Å². The monoisotopic (exact) mass is 403 g/mol. The molecule has 0 spiro atoms. The predicted molar refractivity (Wildman–Crippen MR) is 79.7 cm³/mol. The van der Waals surface area contributed by atoms with Crippen LogP contribution < -0.4 is 0 Å². The Morgan fingerprint density at radius 3 is 1.92 bits per heavy atom. The van der Waals surface area contributed by atoms with E-state index >= 15 is 0 Å². The number of rotatable bonds is 6. The van der Waals surface area contributed by atoms with Crippen molar-refractivity contribution in [1.29, 1.82) is 0 Å². The van der Waals surface area contributed by atoms with E-state index in [0.29, 0.717) is 6.42 Å². The fraction of sp³-hybridized carbons (Fsp3) is 0.533. The maximum atomic E-state index is 13.3. The Labute approximate surface area is 146 Å². The largest absolute Gasteiger partial charge is 0.743 e. The molecule has 0 amide bonds. The Kier molecular flexibility index (Phi) is 6.09. The van der Waals surface area contributed by atoms with Gasteiger partial charge in [0, 0.05) is 0 Å². The zero-order valence-electron chi connectivity index (χ0n) is 13.9. The summed E-state index contributed by atoms with van der Waals surface area (Å²) >= 11 is 0. The number of carbonyl (C=O) groups is 1. The first-order valence-corrected chi connectivity index (χ1v) is 8.66. The minimum Gasteiger partial charge on any atom is -0.743 e. The Hall–Kier alpha value is -1.75. The normalized spacial score (nSPS) is 14.8. The number of halogens is 5. The third-order valence-corrected chi connectivity index (χ3v) is 4.83. The highest BCUT2D eigenvalue weighted by molar-refractivity contribution is 7.86. The smallest absolute Gasteiger partial charge is 0.432 e. The van der Waals surface area contributed by atoms with E-state index in [-0.39, 0.29) is 5.41 Å². The molecule has 11 heteroatoms. The van der Waals surface area contributed by atoms with Crippen LogP contribution in [0.25, 0.3) is 0 Å². The molecule has 0 aromatic heterocycles. The van der Waals surface area contributed by atoms with E-state index < -0.39 is 39.2 Å². The molecular weight excluding hydrogens is 387 g/mol. The van der Waals surface area contributed by atoms with Crippen LogP contribution in [0.3, 0.4) is 0 Å². The summed E-state index contributed by atoms with van der Waals surface area (Å²) in [7, 11) is -6.72. The molecule has 0 aliphatic heterocycles. The summed E-state index contributed by atoms with van der Waals surface area (Å²) in [5.74, 6) is -1.84. The van der Waals surface area contributed by atoms with E-state index in [4.69, 9.17) is 0 Å². The highest BCUT2D eigenvalue weighted by Gasteiger charge is 2.63. The minimum atomic E-state index is -6.72. The van der Waals surface area contributed by atoms with Gasteiger partial charge in [0.05, 0.1) is 5.56 Å². The van der Waals surface area contributed by atoms with Crippen molar-refractivity contribution in [3.63, 3.8) is 0 Å². The van der Waals surface area contributed by atoms with Gasteiger partial charge >= 0.3 is 17.4 Å². The van der Waals surface area contributed by atoms with E-state index in [1.165, 1.54) is 12.1 Å². The van der Waals surface area contributed by atoms with Crippen LogP contribution in [0.1, 0.15) is 43.1 Å². The molecule has 5 nitrogen and oxygen atoms in total. The molecule has 1 aromatic rings. The van der Waals surface area contributed by atoms with Gasteiger partial charge < -0.3 is 9.29 Å². The van der Waals surface area contributed by atoms with E-state index in [1.807, 2.05) is 20.8 Å². The van der Waals surface area contributed by atoms with Gasteiger partial charge in [-0.05, 0) is 29.5 Å². The molecule has 0 heterocycles. The fourth-order valence-corrected chi connectivity index (χ4v) is 2.34. The Bertz CT molecular complexity index is 754. The summed E-state index contributed by atoms with van der Waals surface area (Å²) in [4.78, 5) is 11.8. The van der Waals surface area contributed by atoms with Crippen LogP contribution in [-0.4, -0.2) is 36.5 Å². The molecule has 0 fully saturated rings. The number of hydrogen-bond donors (Lipinski definition) is 0. The number of benzene rings is 1. The third kappa shape index (κ3) is 4.70. The lowest BCUT2D eigenvalue weighted by atomic mass is 9.82. The minimum absolute atomic E-state index is 0.305. The molecule has 26 heavy (non-hydrogen) atoms. The first-order chi connectivity index (χ1) is 11.5. The lowest BCUT2D eigenvalue weighted by molar-refractivity contribution is -0.248. The predicted octanol–water partition coefficient (Wildman–Crippen LogP) is 3.60. The molecule has 1 atom stereocenters. The third-order valence-electron chi connectivity index (χ3n) is 3.95. The van der Waals surface area contributed by atoms with Gasteiger partial charge in [-0.2, -0.15) is 22.0 Å². The van der Waals surface area contributed by atoms with Crippen molar-refractivity contribution >= 4 is 16.1 Å². The van der Waals surface area contributed by atoms with E-state index in [9.17, 15) is 39.7 Å². The van der Waals surface area contributed by atoms with E-state index in [1.54, 1.807) is 0 Å². The van der Waals surface area contributed by atoms with Crippen molar-refractivity contribution < 1.29 is 44.5 Å². The van der Waals surface area contributed by atoms with Crippen LogP contribution in [0.15, 0.2) is 24.3 Å². The lowest BCUT2D eigenvalue weighted by Crippen LogP contribution is -2.52. The molecule has 0 N–H and O–H groups in total. The van der Waals surface area contributed by atoms with Crippen LogP contribution in [0, 0.1) is 0 Å². The highest BCUT2D eigenvalue weighted by atomic mass is 32.2. The Morgan fingerprint density at radius 1 is 1.12 bits per heavy atom. The van der Waals surface area contributed by atoms with Crippen LogP contribution in [-0.2, 0) is 20.3 Å². The van der Waals surface area contributed by atoms with Crippen LogP contribution in [0.2, 0.25) is 0 Å². The summed E-state index contributed by atoms with van der Waals surface area (Å²) in [6.07, 6.45) is -9.68. The maximum Gasteiger partial charge on any atom is 0.432 e. The van der Waals surface area contributed by atoms with Crippen LogP contribution in [0.4, 0.5) is 22.0 Å². The van der Waals surface area contributed by atoms with Crippen LogP contribution >= 0.6 is 0 Å². The van der Waals surface area contributed by atoms with Gasteiger partial charge in [0.25, 0.3) is 6.10 Å². The topological polar surface area (TPSA) is 83.5 Å². The van der Waals surface area contributed by atoms with Crippen molar-refractivity contribution in [3.05, 3.63) is 35.4 Å². The van der Waals surface area contributed by atoms with E-state index in [0.717, 1.165) is 17.7 Å². The molecule has 0 aliphatic carbocycles. The Balaban J connectivity index is 3.16. The molecule has 1 aromatic carbocycles. The molecule has 0 aliphatic rings. The zero-order valence-corrected chi connectivity index (χ0v) is 14.7. The van der Waals surface area contributed by atoms with Gasteiger partial charge in [-0.3, -0.25) is 0 Å². The summed E-state index contributed by atoms with van der Waals surface area (Å²) < 4.78 is 99.9. The van der Waals surface area contributed by atoms with E-state index in [2.05, 4.69) is 4.74 Å². The van der Waals surface area contributed by atoms with Crippen molar-refractivity contribution in [2.24, 2.45) is 0 Å². The summed E-state index contributed by atoms with van der Waals surface area (Å²) in [5.41, 5.74) is -0.0777. The van der Waals surface area contributed by atoms with Crippen LogP contribution in [0.5, 0.6) is 0 Å². The quantitative estimate of drug-likeness (QED) is 0.412. The SMILES string of the molecule is CCC(C)(C)c1ccc(C(=O)OC(C(F)(F)F)C(F)(F)S(=O)(=O)[O-])cc1. The van der Waals surface area contributed by atoms with Gasteiger partial charge in [0.1, 0.15) is 0 Å². The van der Waals surface area contributed by atoms with Gasteiger partial charge in [-0.25, -0.2) is 13.2 Å². The average Bonchev–Trinajstić information content (AvgIpc) is 2.50. The average molecular weight is 403 g/mol. The van der Waals surface area contributed by atoms with Crippen molar-refractivity contribution in [3.8, 4) is 0 Å². The first-order valence-electron chi connectivity index (χ1n) is 7.25. The molecule has 1 rings (SSSR count). The standard InChI is InChI=1S/C15H17F5O5S/c1-4-13(2,3)10-7-5-9(6-8-10)11(21)25-12(14(16,17)18)15(19,20)26(22,23)24/h5-8,12H,4H2,1-3H3,(H,22,23,24)/p-1. The molecule has 0 bridgehead atoms. The maximum absolute atomic E-state index is 13.3.